The molecule has 1 aliphatic heterocycles. The Labute approximate surface area is 103 Å². The van der Waals surface area contributed by atoms with Crippen molar-refractivity contribution in [2.24, 2.45) is 5.92 Å². The van der Waals surface area contributed by atoms with Crippen molar-refractivity contribution in [1.29, 1.82) is 0 Å². The van der Waals surface area contributed by atoms with Crippen molar-refractivity contribution in [1.82, 2.24) is 15.3 Å². The summed E-state index contributed by atoms with van der Waals surface area (Å²) in [4.78, 5) is 19.1. The molecule has 1 aliphatic rings. The van der Waals surface area contributed by atoms with E-state index in [0.29, 0.717) is 18.2 Å². The Hall–Kier alpha value is -0.910. The molecule has 0 aliphatic carbocycles. The highest BCUT2D eigenvalue weighted by molar-refractivity contribution is 6.32. The van der Waals surface area contributed by atoms with Crippen LogP contribution in [-0.2, 0) is 4.79 Å². The summed E-state index contributed by atoms with van der Waals surface area (Å²) in [5, 5.41) is 5.97. The number of nitrogens with one attached hydrogen (secondary N) is 2. The van der Waals surface area contributed by atoms with Gasteiger partial charge in [-0.05, 0) is 30.6 Å². The van der Waals surface area contributed by atoms with Crippen molar-refractivity contribution < 1.29 is 4.79 Å². The van der Waals surface area contributed by atoms with Crippen LogP contribution in [0.5, 0.6) is 0 Å². The maximum Gasteiger partial charge on any atom is 0.225 e. The van der Waals surface area contributed by atoms with Gasteiger partial charge in [-0.15, -0.1) is 0 Å². The van der Waals surface area contributed by atoms with Crippen LogP contribution in [0.3, 0.4) is 0 Å². The van der Waals surface area contributed by atoms with E-state index in [0.717, 1.165) is 13.1 Å². The largest absolute Gasteiger partial charge is 0.316 e. The Balaban J connectivity index is 1.94. The average Bonchev–Trinajstić information content (AvgIpc) is 2.09. The normalized spacial score (nSPS) is 15.6. The second-order valence-corrected chi connectivity index (χ2v) is 4.35. The predicted molar refractivity (Wildman–Crippen MR) is 61.7 cm³/mol. The van der Waals surface area contributed by atoms with Gasteiger partial charge in [0.1, 0.15) is 11.0 Å². The van der Waals surface area contributed by atoms with Crippen molar-refractivity contribution in [2.75, 3.05) is 18.4 Å². The fourth-order valence-electron chi connectivity index (χ4n) is 1.40. The highest BCUT2D eigenvalue weighted by Gasteiger charge is 2.20. The molecule has 0 atom stereocenters. The van der Waals surface area contributed by atoms with Crippen LogP contribution in [0.15, 0.2) is 6.07 Å². The number of hydrogen-bond donors (Lipinski definition) is 2. The van der Waals surface area contributed by atoms with E-state index in [4.69, 9.17) is 23.2 Å². The minimum atomic E-state index is -0.0858. The zero-order chi connectivity index (χ0) is 11.5. The van der Waals surface area contributed by atoms with Gasteiger partial charge in [0, 0.05) is 12.5 Å². The summed E-state index contributed by atoms with van der Waals surface area (Å²) in [6.45, 7) is 1.78. The van der Waals surface area contributed by atoms with Crippen LogP contribution in [0.4, 0.5) is 5.82 Å². The Morgan fingerprint density at radius 1 is 1.50 bits per heavy atom. The summed E-state index contributed by atoms with van der Waals surface area (Å²) in [5.74, 6) is 0.660. The molecular weight excluding hydrogens is 251 g/mol. The third-order valence-corrected chi connectivity index (χ3v) is 2.64. The maximum absolute atomic E-state index is 11.6. The monoisotopic (exact) mass is 260 g/mol. The zero-order valence-electron chi connectivity index (χ0n) is 8.33. The van der Waals surface area contributed by atoms with E-state index in [1.54, 1.807) is 0 Å². The van der Waals surface area contributed by atoms with Crippen LogP contribution in [0, 0.1) is 5.92 Å². The molecule has 1 aromatic heterocycles. The van der Waals surface area contributed by atoms with Crippen LogP contribution >= 0.6 is 23.2 Å². The lowest BCUT2D eigenvalue weighted by atomic mass is 9.99. The van der Waals surface area contributed by atoms with E-state index in [2.05, 4.69) is 20.6 Å². The zero-order valence-corrected chi connectivity index (χ0v) is 9.85. The minimum absolute atomic E-state index is 0.0214. The molecule has 1 amide bonds. The first-order valence-electron chi connectivity index (χ1n) is 4.84. The lowest BCUT2D eigenvalue weighted by molar-refractivity contribution is -0.117. The third-order valence-electron chi connectivity index (χ3n) is 2.28. The Bertz CT molecular complexity index is 388. The number of amides is 1. The molecule has 0 unspecified atom stereocenters. The van der Waals surface area contributed by atoms with Gasteiger partial charge in [0.05, 0.1) is 0 Å². The number of hydrogen-bond acceptors (Lipinski definition) is 4. The summed E-state index contributed by atoms with van der Waals surface area (Å²) in [5.41, 5.74) is 0. The van der Waals surface area contributed by atoms with Crippen molar-refractivity contribution in [3.8, 4) is 0 Å². The van der Waals surface area contributed by atoms with Gasteiger partial charge in [-0.2, -0.15) is 0 Å². The molecule has 2 rings (SSSR count). The summed E-state index contributed by atoms with van der Waals surface area (Å²) in [6, 6.07) is 1.46. The van der Waals surface area contributed by atoms with Crippen LogP contribution in [0.2, 0.25) is 10.4 Å². The fourth-order valence-corrected chi connectivity index (χ4v) is 1.81. The Morgan fingerprint density at radius 3 is 2.81 bits per heavy atom. The van der Waals surface area contributed by atoms with Crippen LogP contribution in [0.1, 0.15) is 6.42 Å². The van der Waals surface area contributed by atoms with Crippen LogP contribution < -0.4 is 10.6 Å². The van der Waals surface area contributed by atoms with Gasteiger partial charge in [-0.3, -0.25) is 4.79 Å². The Kier molecular flexibility index (Phi) is 3.58. The van der Waals surface area contributed by atoms with Crippen LogP contribution in [-0.4, -0.2) is 29.0 Å². The summed E-state index contributed by atoms with van der Waals surface area (Å²) in [7, 11) is 0. The molecule has 1 saturated heterocycles. The van der Waals surface area contributed by atoms with Gasteiger partial charge in [0.15, 0.2) is 0 Å². The predicted octanol–water partition coefficient (Wildman–Crippen LogP) is 1.33. The van der Waals surface area contributed by atoms with Gasteiger partial charge in [0.25, 0.3) is 0 Å². The van der Waals surface area contributed by atoms with Crippen molar-refractivity contribution in [3.63, 3.8) is 0 Å². The quantitative estimate of drug-likeness (QED) is 0.636. The highest BCUT2D eigenvalue weighted by atomic mass is 35.5. The van der Waals surface area contributed by atoms with E-state index < -0.39 is 0 Å². The SMILES string of the molecule is O=C(CC1CNC1)Nc1cc(Cl)nc(Cl)n1. The molecule has 0 radical (unpaired) electrons. The lowest BCUT2D eigenvalue weighted by Crippen LogP contribution is -2.43. The smallest absolute Gasteiger partial charge is 0.225 e. The molecular formula is C9H10Cl2N4O. The fraction of sp³-hybridized carbons (Fsp3) is 0.444. The highest BCUT2D eigenvalue weighted by Crippen LogP contribution is 2.15. The second-order valence-electron chi connectivity index (χ2n) is 3.62. The third kappa shape index (κ3) is 3.04. The number of carbonyl (C=O) groups excluding carboxylic acids is 1. The molecule has 0 aromatic carbocycles. The number of carbonyl (C=O) groups is 1. The van der Waals surface area contributed by atoms with E-state index in [1.165, 1.54) is 6.07 Å². The molecule has 1 aromatic rings. The van der Waals surface area contributed by atoms with Gasteiger partial charge in [0.2, 0.25) is 11.2 Å². The number of halogens is 2. The molecule has 0 saturated carbocycles. The number of rotatable bonds is 3. The van der Waals surface area contributed by atoms with Gasteiger partial charge < -0.3 is 10.6 Å². The standard InChI is InChI=1S/C9H10Cl2N4O/c10-6-2-7(15-9(11)13-6)14-8(16)1-5-3-12-4-5/h2,5,12H,1,3-4H2,(H,13,14,15,16). The molecule has 0 spiro atoms. The first-order chi connectivity index (χ1) is 7.63. The van der Waals surface area contributed by atoms with Gasteiger partial charge in [-0.25, -0.2) is 9.97 Å². The molecule has 0 bridgehead atoms. The first kappa shape index (κ1) is 11.6. The minimum Gasteiger partial charge on any atom is -0.316 e. The molecule has 1 fully saturated rings. The summed E-state index contributed by atoms with van der Waals surface area (Å²) >= 11 is 11.3. The van der Waals surface area contributed by atoms with Crippen LogP contribution in [0.25, 0.3) is 0 Å². The number of anilines is 1. The van der Waals surface area contributed by atoms with Crippen molar-refractivity contribution in [3.05, 3.63) is 16.5 Å². The van der Waals surface area contributed by atoms with E-state index >= 15 is 0 Å². The maximum atomic E-state index is 11.6. The average molecular weight is 261 g/mol. The second kappa shape index (κ2) is 4.95. The van der Waals surface area contributed by atoms with Gasteiger partial charge in [-0.1, -0.05) is 11.6 Å². The summed E-state index contributed by atoms with van der Waals surface area (Å²) < 4.78 is 0. The van der Waals surface area contributed by atoms with E-state index in [-0.39, 0.29) is 16.3 Å². The Morgan fingerprint density at radius 2 is 2.25 bits per heavy atom. The molecule has 16 heavy (non-hydrogen) atoms. The molecule has 7 heteroatoms. The lowest BCUT2D eigenvalue weighted by Gasteiger charge is -2.26. The van der Waals surface area contributed by atoms with Crippen molar-refractivity contribution in [2.45, 2.75) is 6.42 Å². The van der Waals surface area contributed by atoms with E-state index in [1.807, 2.05) is 0 Å². The molecule has 2 heterocycles. The van der Waals surface area contributed by atoms with E-state index in [9.17, 15) is 4.79 Å². The number of nitrogens with zero attached hydrogens (tertiary/aromatic N) is 2. The first-order valence-corrected chi connectivity index (χ1v) is 5.60. The molecule has 86 valence electrons. The van der Waals surface area contributed by atoms with Gasteiger partial charge >= 0.3 is 0 Å². The molecule has 5 nitrogen and oxygen atoms in total. The van der Waals surface area contributed by atoms with Crippen molar-refractivity contribution >= 4 is 34.9 Å². The molecule has 2 N–H and O–H groups in total. The summed E-state index contributed by atoms with van der Waals surface area (Å²) in [6.07, 6.45) is 0.478. The topological polar surface area (TPSA) is 66.9 Å². The number of aromatic nitrogens is 2.